The Hall–Kier alpha value is -1.31. The second-order valence-corrected chi connectivity index (χ2v) is 6.68. The number of nitrogens with one attached hydrogen (secondary N) is 1. The van der Waals surface area contributed by atoms with Crippen molar-refractivity contribution >= 4 is 55.6 Å². The lowest BCUT2D eigenvalue weighted by molar-refractivity contribution is -0.123. The third kappa shape index (κ3) is 5.09. The van der Waals surface area contributed by atoms with Crippen LogP contribution in [0, 0.1) is 13.8 Å². The smallest absolute Gasteiger partial charge is 0.277 e. The van der Waals surface area contributed by atoms with Crippen LogP contribution >= 0.6 is 43.5 Å². The van der Waals surface area contributed by atoms with E-state index in [0.29, 0.717) is 21.2 Å². The van der Waals surface area contributed by atoms with Crippen molar-refractivity contribution in [1.29, 1.82) is 0 Å². The van der Waals surface area contributed by atoms with E-state index in [-0.39, 0.29) is 12.5 Å². The molecule has 122 valence electrons. The normalized spacial score (nSPS) is 11.0. The summed E-state index contributed by atoms with van der Waals surface area (Å²) in [6.07, 6.45) is 1.39. The summed E-state index contributed by atoms with van der Waals surface area (Å²) in [5.41, 5.74) is 4.15. The van der Waals surface area contributed by atoms with E-state index >= 15 is 0 Å². The van der Waals surface area contributed by atoms with Crippen LogP contribution in [-0.4, -0.2) is 18.7 Å². The first-order chi connectivity index (χ1) is 10.9. The number of furan rings is 1. The Morgan fingerprint density at radius 3 is 2.57 bits per heavy atom. The molecule has 0 bridgehead atoms. The van der Waals surface area contributed by atoms with Gasteiger partial charge >= 0.3 is 0 Å². The lowest BCUT2D eigenvalue weighted by Gasteiger charge is -2.09. The van der Waals surface area contributed by atoms with Crippen molar-refractivity contribution in [2.75, 3.05) is 6.61 Å². The van der Waals surface area contributed by atoms with Crippen LogP contribution in [-0.2, 0) is 4.79 Å². The minimum absolute atomic E-state index is 0.149. The topological polar surface area (TPSA) is 63.8 Å². The van der Waals surface area contributed by atoms with Crippen molar-refractivity contribution in [1.82, 2.24) is 5.43 Å². The standard InChI is InChI=1S/C15H13Br2ClN2O3/c1-8-3-10(4-9(2)14(8)18)22-7-13(21)20-19-6-11-5-12(16)15(17)23-11/h3-6H,7H2,1-2H3,(H,20,21)/b19-6-. The van der Waals surface area contributed by atoms with Gasteiger partial charge in [0.15, 0.2) is 11.3 Å². The predicted molar refractivity (Wildman–Crippen MR) is 96.3 cm³/mol. The van der Waals surface area contributed by atoms with Crippen molar-refractivity contribution in [3.8, 4) is 5.75 Å². The van der Waals surface area contributed by atoms with E-state index in [2.05, 4.69) is 42.4 Å². The Balaban J connectivity index is 1.85. The molecule has 1 amide bonds. The molecule has 1 aromatic carbocycles. The van der Waals surface area contributed by atoms with Crippen LogP contribution in [0.25, 0.3) is 0 Å². The summed E-state index contributed by atoms with van der Waals surface area (Å²) in [6.45, 7) is 3.61. The second-order valence-electron chi connectivity index (χ2n) is 4.72. The highest BCUT2D eigenvalue weighted by atomic mass is 79.9. The largest absolute Gasteiger partial charge is 0.484 e. The van der Waals surface area contributed by atoms with Crippen LogP contribution in [0.3, 0.4) is 0 Å². The number of nitrogens with zero attached hydrogens (tertiary/aromatic N) is 1. The Labute approximate surface area is 155 Å². The van der Waals surface area contributed by atoms with Crippen LogP contribution in [0.15, 0.2) is 36.9 Å². The van der Waals surface area contributed by atoms with Crippen LogP contribution in [0.4, 0.5) is 0 Å². The van der Waals surface area contributed by atoms with Crippen LogP contribution < -0.4 is 10.2 Å². The molecule has 0 atom stereocenters. The van der Waals surface area contributed by atoms with Gasteiger partial charge in [0.05, 0.1) is 10.7 Å². The first-order valence-corrected chi connectivity index (χ1v) is 8.49. The van der Waals surface area contributed by atoms with E-state index < -0.39 is 0 Å². The lowest BCUT2D eigenvalue weighted by Crippen LogP contribution is -2.24. The van der Waals surface area contributed by atoms with E-state index in [4.69, 9.17) is 20.8 Å². The van der Waals surface area contributed by atoms with E-state index in [1.165, 1.54) is 6.21 Å². The molecule has 2 rings (SSSR count). The number of rotatable bonds is 5. The van der Waals surface area contributed by atoms with Gasteiger partial charge in [-0.25, -0.2) is 5.43 Å². The molecule has 2 aromatic rings. The van der Waals surface area contributed by atoms with Crippen molar-refractivity contribution < 1.29 is 13.9 Å². The number of halogens is 3. The number of amides is 1. The summed E-state index contributed by atoms with van der Waals surface area (Å²) in [4.78, 5) is 11.7. The summed E-state index contributed by atoms with van der Waals surface area (Å²) in [5, 5.41) is 4.49. The number of ether oxygens (including phenoxy) is 1. The summed E-state index contributed by atoms with van der Waals surface area (Å²) in [7, 11) is 0. The summed E-state index contributed by atoms with van der Waals surface area (Å²) < 4.78 is 12.0. The fourth-order valence-corrected chi connectivity index (χ4v) is 2.48. The molecule has 0 aliphatic rings. The average molecular weight is 465 g/mol. The third-order valence-electron chi connectivity index (χ3n) is 2.83. The Bertz CT molecular complexity index is 717. The maximum absolute atomic E-state index is 11.7. The molecule has 5 nitrogen and oxygen atoms in total. The number of carbonyl (C=O) groups excluding carboxylic acids is 1. The molecule has 0 aliphatic carbocycles. The van der Waals surface area contributed by atoms with Gasteiger partial charge in [0, 0.05) is 11.1 Å². The van der Waals surface area contributed by atoms with Crippen LogP contribution in [0.2, 0.25) is 5.02 Å². The number of carbonyl (C=O) groups is 1. The highest BCUT2D eigenvalue weighted by Crippen LogP contribution is 2.26. The van der Waals surface area contributed by atoms with Gasteiger partial charge in [-0.15, -0.1) is 0 Å². The third-order valence-corrected chi connectivity index (χ3v) is 5.13. The molecular weight excluding hydrogens is 451 g/mol. The number of hydrogen-bond acceptors (Lipinski definition) is 4. The Morgan fingerprint density at radius 1 is 1.35 bits per heavy atom. The van der Waals surface area contributed by atoms with Gasteiger partial charge in [0.1, 0.15) is 11.5 Å². The molecule has 23 heavy (non-hydrogen) atoms. The zero-order valence-electron chi connectivity index (χ0n) is 12.3. The molecule has 0 saturated carbocycles. The van der Waals surface area contributed by atoms with Crippen LogP contribution in [0.1, 0.15) is 16.9 Å². The van der Waals surface area contributed by atoms with Crippen LogP contribution in [0.5, 0.6) is 5.75 Å². The average Bonchev–Trinajstić information content (AvgIpc) is 2.81. The van der Waals surface area contributed by atoms with Gasteiger partial charge in [0.25, 0.3) is 5.91 Å². The highest BCUT2D eigenvalue weighted by molar-refractivity contribution is 9.13. The van der Waals surface area contributed by atoms with Gasteiger partial charge in [0.2, 0.25) is 0 Å². The molecule has 0 fully saturated rings. The zero-order chi connectivity index (χ0) is 17.0. The molecule has 1 N–H and O–H groups in total. The maximum Gasteiger partial charge on any atom is 0.277 e. The quantitative estimate of drug-likeness (QED) is 0.520. The SMILES string of the molecule is Cc1cc(OCC(=O)N/N=C\c2cc(Br)c(Br)o2)cc(C)c1Cl. The molecule has 0 unspecified atom stereocenters. The molecule has 1 aromatic heterocycles. The fraction of sp³-hybridized carbons (Fsp3) is 0.200. The minimum atomic E-state index is -0.379. The summed E-state index contributed by atoms with van der Waals surface area (Å²) in [6, 6.07) is 5.28. The second kappa shape index (κ2) is 7.99. The summed E-state index contributed by atoms with van der Waals surface area (Å²) >= 11 is 12.6. The van der Waals surface area contributed by atoms with Crippen molar-refractivity contribution in [3.05, 3.63) is 49.3 Å². The molecule has 1 heterocycles. The Kier molecular flexibility index (Phi) is 6.26. The number of hydrogen-bond donors (Lipinski definition) is 1. The molecular formula is C15H13Br2ClN2O3. The lowest BCUT2D eigenvalue weighted by atomic mass is 10.1. The number of aryl methyl sites for hydroxylation is 2. The van der Waals surface area contributed by atoms with Crippen molar-refractivity contribution in [3.63, 3.8) is 0 Å². The van der Waals surface area contributed by atoms with Gasteiger partial charge in [-0.3, -0.25) is 4.79 Å². The molecule has 8 heteroatoms. The summed E-state index contributed by atoms with van der Waals surface area (Å²) in [5.74, 6) is 0.701. The zero-order valence-corrected chi connectivity index (χ0v) is 16.3. The monoisotopic (exact) mass is 462 g/mol. The molecule has 0 saturated heterocycles. The fourth-order valence-electron chi connectivity index (χ4n) is 1.77. The first-order valence-electron chi connectivity index (χ1n) is 6.53. The van der Waals surface area contributed by atoms with E-state index in [9.17, 15) is 4.79 Å². The first kappa shape index (κ1) is 18.0. The number of hydrazone groups is 1. The van der Waals surface area contributed by atoms with Gasteiger partial charge in [-0.05, 0) is 69.0 Å². The van der Waals surface area contributed by atoms with E-state index in [0.717, 1.165) is 15.6 Å². The maximum atomic E-state index is 11.7. The number of benzene rings is 1. The van der Waals surface area contributed by atoms with Gasteiger partial charge < -0.3 is 9.15 Å². The Morgan fingerprint density at radius 2 is 2.00 bits per heavy atom. The highest BCUT2D eigenvalue weighted by Gasteiger charge is 2.07. The van der Waals surface area contributed by atoms with Gasteiger partial charge in [-0.2, -0.15) is 5.10 Å². The van der Waals surface area contributed by atoms with Gasteiger partial charge in [-0.1, -0.05) is 11.6 Å². The molecule has 0 radical (unpaired) electrons. The van der Waals surface area contributed by atoms with Crippen molar-refractivity contribution in [2.24, 2.45) is 5.10 Å². The van der Waals surface area contributed by atoms with E-state index in [1.54, 1.807) is 18.2 Å². The minimum Gasteiger partial charge on any atom is -0.484 e. The van der Waals surface area contributed by atoms with E-state index in [1.807, 2.05) is 13.8 Å². The molecule has 0 aliphatic heterocycles. The van der Waals surface area contributed by atoms with Crippen molar-refractivity contribution in [2.45, 2.75) is 13.8 Å². The predicted octanol–water partition coefficient (Wildman–Crippen LogP) is 4.60. The molecule has 0 spiro atoms.